The number of aromatic nitrogens is 2. The number of nitrogens with one attached hydrogen (secondary N) is 1. The lowest BCUT2D eigenvalue weighted by atomic mass is 10.1. The number of fused-ring (bicyclic) bond motifs is 2. The standard InChI is InChI=1S/C12H11N3/c1-2-4-11-9(3-1)5-6-10-7-13-8-14-12(10)15-11/h1-4,7-8H,5-6H2,(H,13,14,15). The van der Waals surface area contributed by atoms with E-state index in [9.17, 15) is 0 Å². The van der Waals surface area contributed by atoms with E-state index in [1.165, 1.54) is 11.1 Å². The molecule has 15 heavy (non-hydrogen) atoms. The molecule has 0 spiro atoms. The summed E-state index contributed by atoms with van der Waals surface area (Å²) < 4.78 is 0. The van der Waals surface area contributed by atoms with Crippen molar-refractivity contribution >= 4 is 11.5 Å². The van der Waals surface area contributed by atoms with E-state index in [1.807, 2.05) is 12.3 Å². The molecule has 2 heterocycles. The van der Waals surface area contributed by atoms with E-state index in [4.69, 9.17) is 0 Å². The van der Waals surface area contributed by atoms with Gasteiger partial charge in [0.2, 0.25) is 0 Å². The maximum Gasteiger partial charge on any atom is 0.136 e. The molecule has 0 aliphatic carbocycles. The minimum absolute atomic E-state index is 0.940. The summed E-state index contributed by atoms with van der Waals surface area (Å²) in [6.45, 7) is 0. The van der Waals surface area contributed by atoms with Gasteiger partial charge in [-0.1, -0.05) is 18.2 Å². The summed E-state index contributed by atoms with van der Waals surface area (Å²) >= 11 is 0. The molecule has 1 aliphatic rings. The zero-order valence-electron chi connectivity index (χ0n) is 8.27. The van der Waals surface area contributed by atoms with Gasteiger partial charge >= 0.3 is 0 Å². The third-order valence-corrected chi connectivity index (χ3v) is 2.72. The number of hydrogen-bond acceptors (Lipinski definition) is 3. The molecule has 2 aromatic rings. The predicted molar refractivity (Wildman–Crippen MR) is 59.2 cm³/mol. The fourth-order valence-corrected chi connectivity index (χ4v) is 1.91. The van der Waals surface area contributed by atoms with Crippen LogP contribution in [0, 0.1) is 0 Å². The van der Waals surface area contributed by atoms with Crippen LogP contribution in [0.2, 0.25) is 0 Å². The minimum atomic E-state index is 0.940. The van der Waals surface area contributed by atoms with Gasteiger partial charge in [-0.3, -0.25) is 0 Å². The van der Waals surface area contributed by atoms with E-state index in [2.05, 4.69) is 33.5 Å². The average molecular weight is 197 g/mol. The zero-order chi connectivity index (χ0) is 10.1. The zero-order valence-corrected chi connectivity index (χ0v) is 8.27. The fourth-order valence-electron chi connectivity index (χ4n) is 1.91. The lowest BCUT2D eigenvalue weighted by Crippen LogP contribution is -1.96. The normalized spacial score (nSPS) is 13.3. The molecule has 1 aliphatic heterocycles. The van der Waals surface area contributed by atoms with Gasteiger partial charge < -0.3 is 5.32 Å². The lowest BCUT2D eigenvalue weighted by Gasteiger charge is -2.06. The Morgan fingerprint density at radius 1 is 1.07 bits per heavy atom. The number of nitrogens with zero attached hydrogens (tertiary/aromatic N) is 2. The SMILES string of the molecule is c1ccc2c(c1)CCc1cncnc1N2. The highest BCUT2D eigenvalue weighted by Gasteiger charge is 2.12. The Morgan fingerprint density at radius 2 is 1.93 bits per heavy atom. The Balaban J connectivity index is 2.10. The van der Waals surface area contributed by atoms with Gasteiger partial charge in [0.15, 0.2) is 0 Å². The summed E-state index contributed by atoms with van der Waals surface area (Å²) in [6.07, 6.45) is 5.52. The van der Waals surface area contributed by atoms with Crippen LogP contribution < -0.4 is 5.32 Å². The lowest BCUT2D eigenvalue weighted by molar-refractivity contribution is 0.954. The molecular weight excluding hydrogens is 186 g/mol. The first kappa shape index (κ1) is 8.41. The number of para-hydroxylation sites is 1. The Labute approximate surface area is 88.2 Å². The molecule has 0 saturated carbocycles. The fraction of sp³-hybridized carbons (Fsp3) is 0.167. The smallest absolute Gasteiger partial charge is 0.136 e. The number of anilines is 2. The molecule has 0 atom stereocenters. The number of benzene rings is 1. The highest BCUT2D eigenvalue weighted by Crippen LogP contribution is 2.27. The van der Waals surface area contributed by atoms with Crippen molar-refractivity contribution in [2.24, 2.45) is 0 Å². The Bertz CT molecular complexity index is 448. The van der Waals surface area contributed by atoms with Crippen LogP contribution in [0.3, 0.4) is 0 Å². The average Bonchev–Trinajstić information content (AvgIpc) is 2.48. The molecule has 0 radical (unpaired) electrons. The van der Waals surface area contributed by atoms with E-state index < -0.39 is 0 Å². The van der Waals surface area contributed by atoms with Crippen molar-refractivity contribution in [2.75, 3.05) is 5.32 Å². The largest absolute Gasteiger partial charge is 0.340 e. The first-order chi connectivity index (χ1) is 7.43. The highest BCUT2D eigenvalue weighted by molar-refractivity contribution is 5.64. The summed E-state index contributed by atoms with van der Waals surface area (Å²) in [7, 11) is 0. The quantitative estimate of drug-likeness (QED) is 0.704. The highest BCUT2D eigenvalue weighted by atomic mass is 15.0. The van der Waals surface area contributed by atoms with Crippen LogP contribution >= 0.6 is 0 Å². The van der Waals surface area contributed by atoms with E-state index in [0.717, 1.165) is 24.3 Å². The molecule has 74 valence electrons. The maximum atomic E-state index is 4.26. The number of rotatable bonds is 0. The van der Waals surface area contributed by atoms with Gasteiger partial charge in [0, 0.05) is 17.4 Å². The molecule has 1 aromatic heterocycles. The summed E-state index contributed by atoms with van der Waals surface area (Å²) in [4.78, 5) is 8.31. The molecule has 0 bridgehead atoms. The second-order valence-electron chi connectivity index (χ2n) is 3.68. The third kappa shape index (κ3) is 1.46. The Morgan fingerprint density at radius 3 is 2.93 bits per heavy atom. The van der Waals surface area contributed by atoms with Crippen molar-refractivity contribution in [3.8, 4) is 0 Å². The van der Waals surface area contributed by atoms with Crippen molar-refractivity contribution in [1.29, 1.82) is 0 Å². The number of aryl methyl sites for hydroxylation is 2. The molecule has 0 saturated heterocycles. The Kier molecular flexibility index (Phi) is 1.88. The molecule has 3 nitrogen and oxygen atoms in total. The Hall–Kier alpha value is -1.90. The van der Waals surface area contributed by atoms with E-state index >= 15 is 0 Å². The van der Waals surface area contributed by atoms with Crippen LogP contribution in [0.15, 0.2) is 36.8 Å². The van der Waals surface area contributed by atoms with E-state index in [-0.39, 0.29) is 0 Å². The predicted octanol–water partition coefficient (Wildman–Crippen LogP) is 2.32. The van der Waals surface area contributed by atoms with Crippen LogP contribution in [-0.2, 0) is 12.8 Å². The topological polar surface area (TPSA) is 37.8 Å². The van der Waals surface area contributed by atoms with E-state index in [0.29, 0.717) is 0 Å². The van der Waals surface area contributed by atoms with Gasteiger partial charge in [0.25, 0.3) is 0 Å². The van der Waals surface area contributed by atoms with Crippen molar-refractivity contribution in [3.05, 3.63) is 47.9 Å². The van der Waals surface area contributed by atoms with Crippen LogP contribution in [0.5, 0.6) is 0 Å². The molecule has 0 unspecified atom stereocenters. The molecular formula is C12H11N3. The van der Waals surface area contributed by atoms with Crippen molar-refractivity contribution in [2.45, 2.75) is 12.8 Å². The summed E-state index contributed by atoms with van der Waals surface area (Å²) in [6, 6.07) is 8.36. The first-order valence-corrected chi connectivity index (χ1v) is 5.07. The van der Waals surface area contributed by atoms with Crippen molar-refractivity contribution in [1.82, 2.24) is 9.97 Å². The van der Waals surface area contributed by atoms with Crippen LogP contribution in [0.4, 0.5) is 11.5 Å². The molecule has 1 N–H and O–H groups in total. The van der Waals surface area contributed by atoms with E-state index in [1.54, 1.807) is 6.33 Å². The molecule has 0 fully saturated rings. The second-order valence-corrected chi connectivity index (χ2v) is 3.68. The molecule has 3 rings (SSSR count). The monoisotopic (exact) mass is 197 g/mol. The minimum Gasteiger partial charge on any atom is -0.340 e. The van der Waals surface area contributed by atoms with Gasteiger partial charge in [-0.05, 0) is 24.5 Å². The first-order valence-electron chi connectivity index (χ1n) is 5.07. The summed E-state index contributed by atoms with van der Waals surface area (Å²) in [5, 5.41) is 3.35. The van der Waals surface area contributed by atoms with Gasteiger partial charge in [-0.25, -0.2) is 9.97 Å². The van der Waals surface area contributed by atoms with Gasteiger partial charge in [-0.2, -0.15) is 0 Å². The molecule has 1 aromatic carbocycles. The molecule has 3 heteroatoms. The van der Waals surface area contributed by atoms with Gasteiger partial charge in [-0.15, -0.1) is 0 Å². The molecule has 0 amide bonds. The van der Waals surface area contributed by atoms with Gasteiger partial charge in [0.05, 0.1) is 0 Å². The van der Waals surface area contributed by atoms with Gasteiger partial charge in [0.1, 0.15) is 12.1 Å². The maximum absolute atomic E-state index is 4.26. The van der Waals surface area contributed by atoms with Crippen molar-refractivity contribution < 1.29 is 0 Å². The number of hydrogen-bond donors (Lipinski definition) is 1. The van der Waals surface area contributed by atoms with Crippen LogP contribution in [0.1, 0.15) is 11.1 Å². The van der Waals surface area contributed by atoms with Crippen molar-refractivity contribution in [3.63, 3.8) is 0 Å². The summed E-state index contributed by atoms with van der Waals surface area (Å²) in [5.41, 5.74) is 3.69. The van der Waals surface area contributed by atoms with Crippen LogP contribution in [0.25, 0.3) is 0 Å². The van der Waals surface area contributed by atoms with Crippen LogP contribution in [-0.4, -0.2) is 9.97 Å². The second kappa shape index (κ2) is 3.35. The third-order valence-electron chi connectivity index (χ3n) is 2.72. The summed E-state index contributed by atoms with van der Waals surface area (Å²) in [5.74, 6) is 0.940.